The molecule has 0 aliphatic rings. The predicted octanol–water partition coefficient (Wildman–Crippen LogP) is 3.27. The van der Waals surface area contributed by atoms with E-state index in [1.807, 2.05) is 0 Å². The average Bonchev–Trinajstić information content (AvgIpc) is 2.33. The molecule has 1 unspecified atom stereocenters. The second kappa shape index (κ2) is 7.26. The number of carbonyl (C=O) groups is 1. The number of nitrogens with one attached hydrogen (secondary N) is 1. The van der Waals surface area contributed by atoms with Gasteiger partial charge >= 0.3 is 0 Å². The van der Waals surface area contributed by atoms with E-state index in [9.17, 15) is 9.18 Å². The summed E-state index contributed by atoms with van der Waals surface area (Å²) in [5.74, 6) is 0.245. The summed E-state index contributed by atoms with van der Waals surface area (Å²) < 4.78 is 12.9. The molecule has 1 atom stereocenters. The molecule has 3 nitrogen and oxygen atoms in total. The van der Waals surface area contributed by atoms with Gasteiger partial charge in [-0.1, -0.05) is 13.8 Å². The van der Waals surface area contributed by atoms with Gasteiger partial charge in [-0.2, -0.15) is 11.8 Å². The molecule has 0 spiro atoms. The van der Waals surface area contributed by atoms with E-state index in [2.05, 4.69) is 19.2 Å². The van der Waals surface area contributed by atoms with Crippen molar-refractivity contribution in [2.45, 2.75) is 31.9 Å². The Morgan fingerprint density at radius 2 is 2.28 bits per heavy atom. The minimum atomic E-state index is -0.472. The molecule has 1 aromatic rings. The molecule has 18 heavy (non-hydrogen) atoms. The molecule has 0 saturated heterocycles. The molecule has 0 saturated carbocycles. The summed E-state index contributed by atoms with van der Waals surface area (Å²) in [5.41, 5.74) is 6.00. The maximum absolute atomic E-state index is 12.9. The van der Waals surface area contributed by atoms with Crippen LogP contribution in [0.3, 0.4) is 0 Å². The van der Waals surface area contributed by atoms with Crippen LogP contribution in [0.25, 0.3) is 0 Å². The third-order valence-corrected chi connectivity index (χ3v) is 3.93. The lowest BCUT2D eigenvalue weighted by atomic mass is 10.2. The van der Waals surface area contributed by atoms with Crippen LogP contribution in [-0.2, 0) is 4.79 Å². The fourth-order valence-electron chi connectivity index (χ4n) is 1.32. The van der Waals surface area contributed by atoms with Crippen LogP contribution in [0.1, 0.15) is 26.7 Å². The smallest absolute Gasteiger partial charge is 0.225 e. The van der Waals surface area contributed by atoms with Gasteiger partial charge in [0.25, 0.3) is 0 Å². The maximum Gasteiger partial charge on any atom is 0.225 e. The van der Waals surface area contributed by atoms with Crippen LogP contribution in [0.4, 0.5) is 15.8 Å². The first-order valence-corrected chi connectivity index (χ1v) is 7.04. The molecular formula is C13H19FN2OS. The lowest BCUT2D eigenvalue weighted by Crippen LogP contribution is -2.13. The lowest BCUT2D eigenvalue weighted by molar-refractivity contribution is -0.115. The largest absolute Gasteiger partial charge is 0.396 e. The molecule has 0 heterocycles. The quantitative estimate of drug-likeness (QED) is 0.780. The van der Waals surface area contributed by atoms with Gasteiger partial charge in [-0.15, -0.1) is 0 Å². The number of rotatable bonds is 6. The van der Waals surface area contributed by atoms with Crippen LogP contribution >= 0.6 is 11.8 Å². The monoisotopic (exact) mass is 270 g/mol. The van der Waals surface area contributed by atoms with Crippen molar-refractivity contribution in [3.05, 3.63) is 24.0 Å². The van der Waals surface area contributed by atoms with Crippen molar-refractivity contribution >= 4 is 29.0 Å². The number of nitrogen functional groups attached to an aromatic ring is 1. The Bertz CT molecular complexity index is 412. The van der Waals surface area contributed by atoms with Crippen molar-refractivity contribution in [2.24, 2.45) is 0 Å². The number of halogens is 1. The standard InChI is InChI=1S/C13H19FN2OS/c1-3-9(2)18-7-6-13(17)16-10-4-5-11(14)12(15)8-10/h4-5,8-9H,3,6-7,15H2,1-2H3,(H,16,17). The van der Waals surface area contributed by atoms with Gasteiger partial charge in [0.05, 0.1) is 5.69 Å². The van der Waals surface area contributed by atoms with E-state index in [4.69, 9.17) is 5.73 Å². The van der Waals surface area contributed by atoms with E-state index in [0.717, 1.165) is 12.2 Å². The highest BCUT2D eigenvalue weighted by Gasteiger charge is 2.06. The third-order valence-electron chi connectivity index (χ3n) is 2.59. The van der Waals surface area contributed by atoms with Crippen molar-refractivity contribution in [1.82, 2.24) is 0 Å². The second-order valence-corrected chi connectivity index (χ2v) is 5.67. The number of thioether (sulfide) groups is 1. The summed E-state index contributed by atoms with van der Waals surface area (Å²) in [6.45, 7) is 4.27. The summed E-state index contributed by atoms with van der Waals surface area (Å²) in [6, 6.07) is 4.18. The summed E-state index contributed by atoms with van der Waals surface area (Å²) >= 11 is 1.78. The van der Waals surface area contributed by atoms with Gasteiger partial charge in [0.1, 0.15) is 5.82 Å². The third kappa shape index (κ3) is 4.96. The van der Waals surface area contributed by atoms with Crippen molar-refractivity contribution in [3.63, 3.8) is 0 Å². The van der Waals surface area contributed by atoms with Gasteiger partial charge in [-0.25, -0.2) is 4.39 Å². The van der Waals surface area contributed by atoms with Crippen LogP contribution in [-0.4, -0.2) is 16.9 Å². The maximum atomic E-state index is 12.9. The highest BCUT2D eigenvalue weighted by atomic mass is 32.2. The van der Waals surface area contributed by atoms with Gasteiger partial charge in [-0.05, 0) is 24.6 Å². The summed E-state index contributed by atoms with van der Waals surface area (Å²) in [5, 5.41) is 3.27. The molecule has 0 radical (unpaired) electrons. The minimum absolute atomic E-state index is 0.0433. The van der Waals surface area contributed by atoms with E-state index in [1.165, 1.54) is 18.2 Å². The number of benzene rings is 1. The first-order chi connectivity index (χ1) is 8.52. The van der Waals surface area contributed by atoms with E-state index in [0.29, 0.717) is 17.4 Å². The van der Waals surface area contributed by atoms with Gasteiger partial charge in [0.15, 0.2) is 0 Å². The topological polar surface area (TPSA) is 55.1 Å². The van der Waals surface area contributed by atoms with Gasteiger partial charge in [0.2, 0.25) is 5.91 Å². The molecular weight excluding hydrogens is 251 g/mol. The molecule has 1 aromatic carbocycles. The second-order valence-electron chi connectivity index (χ2n) is 4.12. The Morgan fingerprint density at radius 3 is 2.89 bits per heavy atom. The molecule has 3 N–H and O–H groups in total. The summed E-state index contributed by atoms with van der Waals surface area (Å²) in [4.78, 5) is 11.6. The summed E-state index contributed by atoms with van der Waals surface area (Å²) in [7, 11) is 0. The van der Waals surface area contributed by atoms with Crippen LogP contribution in [0.5, 0.6) is 0 Å². The van der Waals surface area contributed by atoms with Crippen LogP contribution in [0.2, 0.25) is 0 Å². The lowest BCUT2D eigenvalue weighted by Gasteiger charge is -2.09. The zero-order valence-corrected chi connectivity index (χ0v) is 11.5. The van der Waals surface area contributed by atoms with Gasteiger partial charge in [-0.3, -0.25) is 4.79 Å². The predicted molar refractivity (Wildman–Crippen MR) is 76.3 cm³/mol. The minimum Gasteiger partial charge on any atom is -0.396 e. The molecule has 0 aromatic heterocycles. The first-order valence-electron chi connectivity index (χ1n) is 5.99. The van der Waals surface area contributed by atoms with Crippen molar-refractivity contribution in [2.75, 3.05) is 16.8 Å². The Balaban J connectivity index is 2.38. The number of hydrogen-bond donors (Lipinski definition) is 2. The van der Waals surface area contributed by atoms with Gasteiger partial charge in [0, 0.05) is 23.1 Å². The van der Waals surface area contributed by atoms with E-state index in [1.54, 1.807) is 11.8 Å². The van der Waals surface area contributed by atoms with E-state index >= 15 is 0 Å². The first kappa shape index (κ1) is 14.8. The molecule has 0 aliphatic heterocycles. The van der Waals surface area contributed by atoms with E-state index in [-0.39, 0.29) is 11.6 Å². The number of hydrogen-bond acceptors (Lipinski definition) is 3. The molecule has 1 rings (SSSR count). The zero-order chi connectivity index (χ0) is 13.5. The average molecular weight is 270 g/mol. The summed E-state index contributed by atoms with van der Waals surface area (Å²) in [6.07, 6.45) is 1.55. The molecule has 100 valence electrons. The highest BCUT2D eigenvalue weighted by molar-refractivity contribution is 7.99. The molecule has 0 fully saturated rings. The van der Waals surface area contributed by atoms with Crippen molar-refractivity contribution in [1.29, 1.82) is 0 Å². The Kier molecular flexibility index (Phi) is 5.98. The number of amides is 1. The van der Waals surface area contributed by atoms with Crippen molar-refractivity contribution in [3.8, 4) is 0 Å². The van der Waals surface area contributed by atoms with Crippen LogP contribution < -0.4 is 11.1 Å². The number of anilines is 2. The van der Waals surface area contributed by atoms with Gasteiger partial charge < -0.3 is 11.1 Å². The zero-order valence-electron chi connectivity index (χ0n) is 10.7. The van der Waals surface area contributed by atoms with Crippen molar-refractivity contribution < 1.29 is 9.18 Å². The SMILES string of the molecule is CCC(C)SCCC(=O)Nc1ccc(F)c(N)c1. The molecule has 1 amide bonds. The fraction of sp³-hybridized carbons (Fsp3) is 0.462. The Labute approximate surface area is 111 Å². The number of nitrogens with two attached hydrogens (primary N) is 1. The molecule has 5 heteroatoms. The highest BCUT2D eigenvalue weighted by Crippen LogP contribution is 2.18. The van der Waals surface area contributed by atoms with Crippen LogP contribution in [0.15, 0.2) is 18.2 Å². The number of carbonyl (C=O) groups excluding carboxylic acids is 1. The normalized spacial score (nSPS) is 12.2. The van der Waals surface area contributed by atoms with E-state index < -0.39 is 5.82 Å². The molecule has 0 aliphatic carbocycles. The Hall–Kier alpha value is -1.23. The Morgan fingerprint density at radius 1 is 1.56 bits per heavy atom. The van der Waals surface area contributed by atoms with Crippen LogP contribution in [0, 0.1) is 5.82 Å². The fourth-order valence-corrected chi connectivity index (χ4v) is 2.26. The molecule has 0 bridgehead atoms.